The third kappa shape index (κ3) is 36.4. The Hall–Kier alpha value is -1.07. The summed E-state index contributed by atoms with van der Waals surface area (Å²) in [6, 6.07) is 0. The molecule has 60 heavy (non-hydrogen) atoms. The number of ether oxygens (including phenoxy) is 2. The number of rotatable bonds is 41. The van der Waals surface area contributed by atoms with Gasteiger partial charge in [-0.3, -0.25) is 18.6 Å². The molecule has 0 saturated carbocycles. The van der Waals surface area contributed by atoms with Gasteiger partial charge in [0.25, 0.3) is 0 Å². The SMILES string of the molecule is CCCCCCCCCCCCCCCC(=O)OCC(COP(=O)(O)OCC[N+](C)(C)C)OC(=O)CCCCCCC/C=C\CCC(CCCCC)O[Si](C)(C)C(C)(C)C. The fraction of sp³-hybridized carbons (Fsp3) is 0.917. The number of likely N-dealkylation sites (N-methyl/N-ethyl adjacent to an activating group) is 1. The molecule has 3 unspecified atom stereocenters. The molecule has 0 spiro atoms. The van der Waals surface area contributed by atoms with Gasteiger partial charge in [-0.2, -0.15) is 0 Å². The molecule has 0 aliphatic carbocycles. The molecular formula is C48H97NO9PSi+. The van der Waals surface area contributed by atoms with Crippen molar-refractivity contribution in [3.8, 4) is 0 Å². The maximum absolute atomic E-state index is 12.8. The molecule has 12 heteroatoms. The van der Waals surface area contributed by atoms with Crippen molar-refractivity contribution in [3.63, 3.8) is 0 Å². The Kier molecular flexibility index (Phi) is 34.7. The number of allylic oxidation sites excluding steroid dienone is 2. The lowest BCUT2D eigenvalue weighted by molar-refractivity contribution is -0.870. The van der Waals surface area contributed by atoms with Gasteiger partial charge in [0.15, 0.2) is 14.4 Å². The summed E-state index contributed by atoms with van der Waals surface area (Å²) in [7, 11) is -0.323. The van der Waals surface area contributed by atoms with E-state index in [1.807, 2.05) is 21.1 Å². The van der Waals surface area contributed by atoms with E-state index in [0.29, 0.717) is 23.6 Å². The van der Waals surface area contributed by atoms with Crippen molar-refractivity contribution < 1.29 is 46.5 Å². The minimum Gasteiger partial charge on any atom is -0.462 e. The smallest absolute Gasteiger partial charge is 0.462 e. The fourth-order valence-electron chi connectivity index (χ4n) is 6.61. The van der Waals surface area contributed by atoms with E-state index in [-0.39, 0.29) is 37.1 Å². The number of esters is 2. The standard InChI is InChI=1S/C48H96NO9PSi/c1-11-13-15-16-17-18-19-20-21-24-27-30-34-38-46(50)54-42-45(43-56-59(52,53)55-41-40-49(6,7)8)57-47(51)39-35-31-28-25-22-23-26-29-33-37-44(36-32-14-12-2)58-60(9,10)48(3,4)5/h26,29,44-45H,11-25,27-28,30-43H2,1-10H3/p+1/b29-26-. The molecular weight excluding hydrogens is 794 g/mol. The van der Waals surface area contributed by atoms with Gasteiger partial charge >= 0.3 is 19.8 Å². The van der Waals surface area contributed by atoms with E-state index in [2.05, 4.69) is 59.9 Å². The zero-order valence-corrected chi connectivity index (χ0v) is 42.7. The third-order valence-electron chi connectivity index (χ3n) is 11.6. The molecule has 356 valence electrons. The molecule has 10 nitrogen and oxygen atoms in total. The van der Waals surface area contributed by atoms with Crippen LogP contribution in [0.1, 0.15) is 208 Å². The van der Waals surface area contributed by atoms with E-state index in [1.165, 1.54) is 83.5 Å². The van der Waals surface area contributed by atoms with Crippen molar-refractivity contribution in [1.29, 1.82) is 0 Å². The van der Waals surface area contributed by atoms with Crippen LogP contribution in [0.25, 0.3) is 0 Å². The molecule has 0 heterocycles. The Morgan fingerprint density at radius 3 is 1.65 bits per heavy atom. The summed E-state index contributed by atoms with van der Waals surface area (Å²) < 4.78 is 41.3. The fourth-order valence-corrected chi connectivity index (χ4v) is 8.77. The van der Waals surface area contributed by atoms with Crippen LogP contribution in [-0.4, -0.2) is 89.3 Å². The highest BCUT2D eigenvalue weighted by Gasteiger charge is 2.39. The average Bonchev–Trinajstić information content (AvgIpc) is 3.15. The molecule has 0 aliphatic rings. The molecule has 3 atom stereocenters. The highest BCUT2D eigenvalue weighted by atomic mass is 31.2. The van der Waals surface area contributed by atoms with Crippen molar-refractivity contribution in [2.45, 2.75) is 238 Å². The number of quaternary nitrogens is 1. The number of hydrogen-bond acceptors (Lipinski definition) is 8. The van der Waals surface area contributed by atoms with Crippen LogP contribution in [0, 0.1) is 0 Å². The summed E-state index contributed by atoms with van der Waals surface area (Å²) in [6.45, 7) is 16.0. The second-order valence-corrected chi connectivity index (χ2v) is 26.0. The van der Waals surface area contributed by atoms with Gasteiger partial charge in [-0.05, 0) is 63.1 Å². The van der Waals surface area contributed by atoms with Crippen LogP contribution in [0.15, 0.2) is 12.2 Å². The maximum Gasteiger partial charge on any atom is 0.472 e. The van der Waals surface area contributed by atoms with Gasteiger partial charge in [0.05, 0.1) is 27.7 Å². The van der Waals surface area contributed by atoms with Crippen molar-refractivity contribution in [2.75, 3.05) is 47.5 Å². The van der Waals surface area contributed by atoms with Crippen LogP contribution < -0.4 is 0 Å². The molecule has 0 radical (unpaired) electrons. The number of carbonyl (C=O) groups is 2. The van der Waals surface area contributed by atoms with Crippen LogP contribution in [0.2, 0.25) is 18.1 Å². The van der Waals surface area contributed by atoms with Gasteiger partial charge < -0.3 is 23.3 Å². The Morgan fingerprint density at radius 2 is 1.12 bits per heavy atom. The first kappa shape index (κ1) is 58.9. The van der Waals surface area contributed by atoms with Gasteiger partial charge in [-0.15, -0.1) is 0 Å². The normalized spacial score (nSPS) is 14.7. The van der Waals surface area contributed by atoms with Crippen molar-refractivity contribution >= 4 is 28.1 Å². The minimum atomic E-state index is -4.39. The van der Waals surface area contributed by atoms with Gasteiger partial charge in [0.2, 0.25) is 0 Å². The second-order valence-electron chi connectivity index (χ2n) is 19.8. The van der Waals surface area contributed by atoms with Crippen molar-refractivity contribution in [3.05, 3.63) is 12.2 Å². The number of phosphoric ester groups is 1. The zero-order valence-electron chi connectivity index (χ0n) is 40.8. The van der Waals surface area contributed by atoms with E-state index < -0.39 is 34.8 Å². The lowest BCUT2D eigenvalue weighted by Gasteiger charge is -2.39. The molecule has 0 aromatic carbocycles. The Balaban J connectivity index is 4.60. The van der Waals surface area contributed by atoms with Crippen LogP contribution in [0.5, 0.6) is 0 Å². The first-order valence-electron chi connectivity index (χ1n) is 24.4. The zero-order chi connectivity index (χ0) is 45.2. The van der Waals surface area contributed by atoms with E-state index in [9.17, 15) is 19.0 Å². The number of nitrogens with zero attached hydrogens (tertiary/aromatic N) is 1. The molecule has 0 rings (SSSR count). The number of phosphoric acid groups is 1. The summed E-state index contributed by atoms with van der Waals surface area (Å²) in [5.41, 5.74) is 0. The van der Waals surface area contributed by atoms with E-state index in [0.717, 1.165) is 70.6 Å². The summed E-state index contributed by atoms with van der Waals surface area (Å²) in [6.07, 6.45) is 33.3. The molecule has 0 aromatic heterocycles. The summed E-state index contributed by atoms with van der Waals surface area (Å²) in [5, 5.41) is 0.222. The number of hydrogen-bond donors (Lipinski definition) is 1. The highest BCUT2D eigenvalue weighted by Crippen LogP contribution is 2.43. The van der Waals surface area contributed by atoms with Gasteiger partial charge in [0, 0.05) is 18.9 Å². The largest absolute Gasteiger partial charge is 0.472 e. The van der Waals surface area contributed by atoms with Gasteiger partial charge in [-0.25, -0.2) is 4.57 Å². The second kappa shape index (κ2) is 35.3. The van der Waals surface area contributed by atoms with Gasteiger partial charge in [-0.1, -0.05) is 162 Å². The minimum absolute atomic E-state index is 0.0266. The van der Waals surface area contributed by atoms with Gasteiger partial charge in [0.1, 0.15) is 19.8 Å². The van der Waals surface area contributed by atoms with Crippen LogP contribution in [-0.2, 0) is 37.1 Å². The monoisotopic (exact) mass is 891 g/mol. The Bertz CT molecular complexity index is 1140. The summed E-state index contributed by atoms with van der Waals surface area (Å²) in [5.74, 6) is -0.814. The molecule has 0 amide bonds. The molecule has 0 saturated heterocycles. The van der Waals surface area contributed by atoms with Crippen LogP contribution in [0.3, 0.4) is 0 Å². The quantitative estimate of drug-likeness (QED) is 0.0160. The van der Waals surface area contributed by atoms with Crippen molar-refractivity contribution in [2.24, 2.45) is 0 Å². The van der Waals surface area contributed by atoms with Crippen LogP contribution in [0.4, 0.5) is 0 Å². The summed E-state index contributed by atoms with van der Waals surface area (Å²) >= 11 is 0. The van der Waals surface area contributed by atoms with Crippen LogP contribution >= 0.6 is 7.82 Å². The van der Waals surface area contributed by atoms with E-state index in [1.54, 1.807) is 0 Å². The van der Waals surface area contributed by atoms with E-state index in [4.69, 9.17) is 22.9 Å². The Labute approximate surface area is 371 Å². The lowest BCUT2D eigenvalue weighted by atomic mass is 10.0. The number of carbonyl (C=O) groups excluding carboxylic acids is 2. The van der Waals surface area contributed by atoms with Crippen molar-refractivity contribution in [1.82, 2.24) is 0 Å². The molecule has 0 aromatic rings. The lowest BCUT2D eigenvalue weighted by Crippen LogP contribution is -2.43. The van der Waals surface area contributed by atoms with E-state index >= 15 is 0 Å². The topological polar surface area (TPSA) is 118 Å². The molecule has 1 N–H and O–H groups in total. The predicted octanol–water partition coefficient (Wildman–Crippen LogP) is 13.8. The number of unbranched alkanes of at least 4 members (excludes halogenated alkanes) is 19. The first-order valence-corrected chi connectivity index (χ1v) is 28.8. The Morgan fingerprint density at radius 1 is 0.633 bits per heavy atom. The average molecular weight is 891 g/mol. The maximum atomic E-state index is 12.8. The predicted molar refractivity (Wildman–Crippen MR) is 253 cm³/mol. The first-order chi connectivity index (χ1) is 28.3. The molecule has 0 fully saturated rings. The highest BCUT2D eigenvalue weighted by molar-refractivity contribution is 7.47. The third-order valence-corrected chi connectivity index (χ3v) is 17.1. The molecule has 0 bridgehead atoms. The summed E-state index contributed by atoms with van der Waals surface area (Å²) in [4.78, 5) is 35.6. The molecule has 0 aliphatic heterocycles.